The summed E-state index contributed by atoms with van der Waals surface area (Å²) in [5.74, 6) is 0.942. The summed E-state index contributed by atoms with van der Waals surface area (Å²) in [7, 11) is 1.60. The topological polar surface area (TPSA) is 64.2 Å². The van der Waals surface area contributed by atoms with E-state index in [1.807, 2.05) is 24.3 Å². The van der Waals surface area contributed by atoms with E-state index in [0.717, 1.165) is 11.3 Å². The van der Waals surface area contributed by atoms with Crippen LogP contribution in [0.15, 0.2) is 30.5 Å². The van der Waals surface area contributed by atoms with Crippen molar-refractivity contribution in [3.8, 4) is 17.1 Å². The maximum absolute atomic E-state index is 11.5. The molecule has 0 aliphatic rings. The summed E-state index contributed by atoms with van der Waals surface area (Å²) < 4.78 is 10.0. The molecule has 0 aliphatic carbocycles. The predicted octanol–water partition coefficient (Wildman–Crippen LogP) is 2.26. The molecule has 0 atom stereocenters. The third-order valence-electron chi connectivity index (χ3n) is 2.41. The molecule has 0 saturated heterocycles. The van der Waals surface area contributed by atoms with Crippen LogP contribution in [0.1, 0.15) is 17.4 Å². The number of esters is 1. The fourth-order valence-corrected chi connectivity index (χ4v) is 1.55. The molecule has 5 heteroatoms. The molecule has 0 amide bonds. The summed E-state index contributed by atoms with van der Waals surface area (Å²) in [6.45, 7) is 2.10. The van der Waals surface area contributed by atoms with Crippen LogP contribution in [0.25, 0.3) is 11.4 Å². The van der Waals surface area contributed by atoms with Crippen molar-refractivity contribution >= 4 is 5.97 Å². The van der Waals surface area contributed by atoms with Gasteiger partial charge < -0.3 is 14.5 Å². The molecular formula is C13H14N2O3. The van der Waals surface area contributed by atoms with E-state index in [9.17, 15) is 4.79 Å². The first-order chi connectivity index (χ1) is 8.74. The van der Waals surface area contributed by atoms with Gasteiger partial charge in [-0.2, -0.15) is 0 Å². The normalized spacial score (nSPS) is 10.1. The standard InChI is InChI=1S/C13H14N2O3/c1-3-18-13(16)11-8-14-12(15-11)9-5-4-6-10(7-9)17-2/h4-8H,3H2,1-2H3,(H,14,15). The molecule has 5 nitrogen and oxygen atoms in total. The van der Waals surface area contributed by atoms with Crippen LogP contribution in [0.2, 0.25) is 0 Å². The summed E-state index contributed by atoms with van der Waals surface area (Å²) in [6, 6.07) is 7.43. The van der Waals surface area contributed by atoms with E-state index >= 15 is 0 Å². The molecule has 1 heterocycles. The Kier molecular flexibility index (Phi) is 3.62. The third-order valence-corrected chi connectivity index (χ3v) is 2.41. The van der Waals surface area contributed by atoms with Crippen molar-refractivity contribution in [3.05, 3.63) is 36.2 Å². The first-order valence-corrected chi connectivity index (χ1v) is 5.61. The number of carbonyl (C=O) groups is 1. The summed E-state index contributed by atoms with van der Waals surface area (Å²) in [4.78, 5) is 18.6. The van der Waals surface area contributed by atoms with Crippen LogP contribution in [0.4, 0.5) is 0 Å². The molecule has 1 N–H and O–H groups in total. The largest absolute Gasteiger partial charge is 0.497 e. The van der Waals surface area contributed by atoms with Crippen molar-refractivity contribution in [1.29, 1.82) is 0 Å². The Morgan fingerprint density at radius 3 is 3.00 bits per heavy atom. The molecular weight excluding hydrogens is 232 g/mol. The molecule has 2 rings (SSSR count). The average molecular weight is 246 g/mol. The van der Waals surface area contributed by atoms with Gasteiger partial charge in [-0.05, 0) is 19.1 Å². The monoisotopic (exact) mass is 246 g/mol. The Balaban J connectivity index is 2.26. The van der Waals surface area contributed by atoms with Crippen molar-refractivity contribution in [2.45, 2.75) is 6.92 Å². The number of nitrogens with zero attached hydrogens (tertiary/aromatic N) is 1. The van der Waals surface area contributed by atoms with Gasteiger partial charge in [0.05, 0.1) is 19.9 Å². The van der Waals surface area contributed by atoms with Gasteiger partial charge in [0.1, 0.15) is 17.3 Å². The maximum atomic E-state index is 11.5. The van der Waals surface area contributed by atoms with Crippen LogP contribution in [-0.2, 0) is 4.74 Å². The van der Waals surface area contributed by atoms with Gasteiger partial charge in [-0.1, -0.05) is 12.1 Å². The highest BCUT2D eigenvalue weighted by atomic mass is 16.5. The molecule has 0 spiro atoms. The van der Waals surface area contributed by atoms with Gasteiger partial charge in [0, 0.05) is 5.56 Å². The Bertz CT molecular complexity index is 549. The average Bonchev–Trinajstić information content (AvgIpc) is 2.89. The van der Waals surface area contributed by atoms with Crippen LogP contribution in [0, 0.1) is 0 Å². The van der Waals surface area contributed by atoms with Crippen molar-refractivity contribution in [1.82, 2.24) is 9.97 Å². The molecule has 1 aromatic heterocycles. The number of carbonyl (C=O) groups excluding carboxylic acids is 1. The molecule has 0 fully saturated rings. The number of ether oxygens (including phenoxy) is 2. The molecule has 0 saturated carbocycles. The van der Waals surface area contributed by atoms with Crippen LogP contribution in [-0.4, -0.2) is 29.7 Å². The number of hydrogen-bond acceptors (Lipinski definition) is 4. The van der Waals surface area contributed by atoms with Crippen molar-refractivity contribution in [3.63, 3.8) is 0 Å². The lowest BCUT2D eigenvalue weighted by atomic mass is 10.2. The quantitative estimate of drug-likeness (QED) is 0.840. The molecule has 0 unspecified atom stereocenters. The van der Waals surface area contributed by atoms with E-state index in [1.54, 1.807) is 14.0 Å². The number of rotatable bonds is 4. The maximum Gasteiger partial charge on any atom is 0.356 e. The van der Waals surface area contributed by atoms with Gasteiger partial charge >= 0.3 is 5.97 Å². The number of methoxy groups -OCH3 is 1. The van der Waals surface area contributed by atoms with Crippen LogP contribution in [0.5, 0.6) is 5.75 Å². The van der Waals surface area contributed by atoms with Crippen LogP contribution >= 0.6 is 0 Å². The second-order valence-electron chi connectivity index (χ2n) is 3.60. The minimum atomic E-state index is -0.404. The Hall–Kier alpha value is -2.30. The van der Waals surface area contributed by atoms with E-state index < -0.39 is 5.97 Å². The number of benzene rings is 1. The van der Waals surface area contributed by atoms with Crippen molar-refractivity contribution in [2.24, 2.45) is 0 Å². The van der Waals surface area contributed by atoms with Gasteiger partial charge in [-0.3, -0.25) is 0 Å². The zero-order chi connectivity index (χ0) is 13.0. The smallest absolute Gasteiger partial charge is 0.356 e. The number of nitrogens with one attached hydrogen (secondary N) is 1. The predicted molar refractivity (Wildman–Crippen MR) is 66.5 cm³/mol. The number of aromatic amines is 1. The van der Waals surface area contributed by atoms with Gasteiger partial charge in [-0.15, -0.1) is 0 Å². The molecule has 18 heavy (non-hydrogen) atoms. The molecule has 2 aromatic rings. The second kappa shape index (κ2) is 5.35. The van der Waals surface area contributed by atoms with Gasteiger partial charge in [0.15, 0.2) is 0 Å². The van der Waals surface area contributed by atoms with Crippen LogP contribution < -0.4 is 4.74 Å². The summed E-state index contributed by atoms with van der Waals surface area (Å²) in [5.41, 5.74) is 1.19. The second-order valence-corrected chi connectivity index (χ2v) is 3.60. The van der Waals surface area contributed by atoms with E-state index in [4.69, 9.17) is 9.47 Å². The van der Waals surface area contributed by atoms with Gasteiger partial charge in [0.25, 0.3) is 0 Å². The zero-order valence-corrected chi connectivity index (χ0v) is 10.3. The number of imidazole rings is 1. The van der Waals surface area contributed by atoms with E-state index in [0.29, 0.717) is 18.1 Å². The van der Waals surface area contributed by atoms with Gasteiger partial charge in [0.2, 0.25) is 0 Å². The first-order valence-electron chi connectivity index (χ1n) is 5.61. The summed E-state index contributed by atoms with van der Waals surface area (Å²) in [6.07, 6.45) is 1.47. The Labute approximate surface area is 105 Å². The highest BCUT2D eigenvalue weighted by molar-refractivity contribution is 5.87. The number of aromatic nitrogens is 2. The minimum absolute atomic E-state index is 0.340. The Morgan fingerprint density at radius 1 is 1.44 bits per heavy atom. The lowest BCUT2D eigenvalue weighted by molar-refractivity contribution is 0.0520. The van der Waals surface area contributed by atoms with Crippen molar-refractivity contribution in [2.75, 3.05) is 13.7 Å². The Morgan fingerprint density at radius 2 is 2.28 bits per heavy atom. The highest BCUT2D eigenvalue weighted by Gasteiger charge is 2.11. The highest BCUT2D eigenvalue weighted by Crippen LogP contribution is 2.21. The fraction of sp³-hybridized carbons (Fsp3) is 0.231. The molecule has 0 radical (unpaired) electrons. The fourth-order valence-electron chi connectivity index (χ4n) is 1.55. The lowest BCUT2D eigenvalue weighted by Gasteiger charge is -2.01. The van der Waals surface area contributed by atoms with Crippen molar-refractivity contribution < 1.29 is 14.3 Å². The minimum Gasteiger partial charge on any atom is -0.497 e. The van der Waals surface area contributed by atoms with E-state index in [1.165, 1.54) is 6.20 Å². The van der Waals surface area contributed by atoms with E-state index in [-0.39, 0.29) is 0 Å². The molecule has 1 aromatic carbocycles. The summed E-state index contributed by atoms with van der Waals surface area (Å²) >= 11 is 0. The first kappa shape index (κ1) is 12.2. The van der Waals surface area contributed by atoms with E-state index in [2.05, 4.69) is 9.97 Å². The number of hydrogen-bond donors (Lipinski definition) is 1. The van der Waals surface area contributed by atoms with Crippen LogP contribution in [0.3, 0.4) is 0 Å². The molecule has 0 bridgehead atoms. The lowest BCUT2D eigenvalue weighted by Crippen LogP contribution is -2.04. The van der Waals surface area contributed by atoms with Gasteiger partial charge in [-0.25, -0.2) is 9.78 Å². The zero-order valence-electron chi connectivity index (χ0n) is 10.3. The SMILES string of the molecule is CCOC(=O)c1cnc(-c2cccc(OC)c2)[nH]1. The number of H-pyrrole nitrogens is 1. The molecule has 94 valence electrons. The molecule has 0 aliphatic heterocycles. The third kappa shape index (κ3) is 2.51. The summed E-state index contributed by atoms with van der Waals surface area (Å²) in [5, 5.41) is 0.